The monoisotopic (exact) mass is 258 g/mol. The van der Waals surface area contributed by atoms with Crippen molar-refractivity contribution in [1.82, 2.24) is 10.6 Å². The molecule has 3 N–H and O–H groups in total. The van der Waals surface area contributed by atoms with Crippen molar-refractivity contribution in [1.29, 1.82) is 0 Å². The molecule has 1 amide bonds. The summed E-state index contributed by atoms with van der Waals surface area (Å²) in [5.74, 6) is -1.05. The quantitative estimate of drug-likeness (QED) is 0.623. The summed E-state index contributed by atoms with van der Waals surface area (Å²) < 4.78 is 5.41. The number of ether oxygens (including phenoxy) is 1. The van der Waals surface area contributed by atoms with Crippen LogP contribution >= 0.6 is 0 Å². The first-order chi connectivity index (χ1) is 8.48. The highest BCUT2D eigenvalue weighted by molar-refractivity contribution is 5.79. The van der Waals surface area contributed by atoms with Crippen molar-refractivity contribution in [3.63, 3.8) is 0 Å². The van der Waals surface area contributed by atoms with Gasteiger partial charge in [0.1, 0.15) is 0 Å². The van der Waals surface area contributed by atoms with Gasteiger partial charge in [-0.3, -0.25) is 9.59 Å². The fourth-order valence-corrected chi connectivity index (χ4v) is 1.68. The summed E-state index contributed by atoms with van der Waals surface area (Å²) in [6, 6.07) is 0. The Morgan fingerprint density at radius 1 is 1.56 bits per heavy atom. The molecule has 2 unspecified atom stereocenters. The van der Waals surface area contributed by atoms with Crippen molar-refractivity contribution < 1.29 is 19.4 Å². The zero-order chi connectivity index (χ0) is 13.6. The van der Waals surface area contributed by atoms with Crippen LogP contribution in [0.5, 0.6) is 0 Å². The van der Waals surface area contributed by atoms with Gasteiger partial charge in [-0.1, -0.05) is 6.92 Å². The van der Waals surface area contributed by atoms with E-state index in [0.29, 0.717) is 19.6 Å². The largest absolute Gasteiger partial charge is 0.481 e. The van der Waals surface area contributed by atoms with Gasteiger partial charge in [-0.05, 0) is 13.3 Å². The number of carboxylic acids is 1. The Kier molecular flexibility index (Phi) is 5.55. The Labute approximate surface area is 107 Å². The van der Waals surface area contributed by atoms with Crippen molar-refractivity contribution in [2.24, 2.45) is 5.41 Å². The van der Waals surface area contributed by atoms with Crippen LogP contribution in [-0.2, 0) is 14.3 Å². The van der Waals surface area contributed by atoms with Gasteiger partial charge in [-0.25, -0.2) is 0 Å². The number of amides is 1. The zero-order valence-electron chi connectivity index (χ0n) is 11.0. The van der Waals surface area contributed by atoms with Crippen LogP contribution in [-0.4, -0.2) is 49.3 Å². The van der Waals surface area contributed by atoms with E-state index in [1.54, 1.807) is 13.8 Å². The van der Waals surface area contributed by atoms with Crippen LogP contribution in [0.15, 0.2) is 0 Å². The lowest BCUT2D eigenvalue weighted by molar-refractivity contribution is -0.148. The molecule has 18 heavy (non-hydrogen) atoms. The first-order valence-electron chi connectivity index (χ1n) is 6.30. The van der Waals surface area contributed by atoms with Crippen molar-refractivity contribution in [2.75, 3.05) is 26.2 Å². The second-order valence-electron chi connectivity index (χ2n) is 4.90. The smallest absolute Gasteiger partial charge is 0.311 e. The lowest BCUT2D eigenvalue weighted by atomic mass is 9.87. The van der Waals surface area contributed by atoms with Crippen molar-refractivity contribution >= 4 is 11.9 Å². The number of morpholine rings is 1. The summed E-state index contributed by atoms with van der Waals surface area (Å²) in [6.45, 7) is 5.67. The van der Waals surface area contributed by atoms with E-state index < -0.39 is 11.4 Å². The SMILES string of the molecule is CCC(C)(CNC(=O)CC1CNCCO1)C(=O)O. The molecule has 0 bridgehead atoms. The van der Waals surface area contributed by atoms with Gasteiger partial charge in [0.05, 0.1) is 24.5 Å². The first-order valence-corrected chi connectivity index (χ1v) is 6.30. The van der Waals surface area contributed by atoms with Crippen LogP contribution in [0.1, 0.15) is 26.7 Å². The number of aliphatic carboxylic acids is 1. The van der Waals surface area contributed by atoms with E-state index in [2.05, 4.69) is 10.6 Å². The molecule has 1 heterocycles. The standard InChI is InChI=1S/C12H22N2O4/c1-3-12(2,11(16)17)8-14-10(15)6-9-7-13-4-5-18-9/h9,13H,3-8H2,1-2H3,(H,14,15)(H,16,17). The Morgan fingerprint density at radius 2 is 2.28 bits per heavy atom. The maximum atomic E-state index is 11.7. The molecule has 1 aliphatic rings. The van der Waals surface area contributed by atoms with Crippen LogP contribution in [0, 0.1) is 5.41 Å². The van der Waals surface area contributed by atoms with Crippen molar-refractivity contribution in [2.45, 2.75) is 32.8 Å². The molecule has 6 heteroatoms. The molecule has 1 aliphatic heterocycles. The molecule has 1 rings (SSSR count). The Hall–Kier alpha value is -1.14. The summed E-state index contributed by atoms with van der Waals surface area (Å²) in [4.78, 5) is 22.8. The van der Waals surface area contributed by atoms with Crippen LogP contribution in [0.4, 0.5) is 0 Å². The highest BCUT2D eigenvalue weighted by Crippen LogP contribution is 2.19. The van der Waals surface area contributed by atoms with E-state index in [1.807, 2.05) is 0 Å². The molecule has 0 aromatic rings. The van der Waals surface area contributed by atoms with Gasteiger partial charge in [0, 0.05) is 19.6 Å². The van der Waals surface area contributed by atoms with Crippen LogP contribution in [0.2, 0.25) is 0 Å². The highest BCUT2D eigenvalue weighted by Gasteiger charge is 2.31. The summed E-state index contributed by atoms with van der Waals surface area (Å²) in [5, 5.41) is 14.9. The van der Waals surface area contributed by atoms with Gasteiger partial charge in [0.15, 0.2) is 0 Å². The van der Waals surface area contributed by atoms with Gasteiger partial charge in [-0.15, -0.1) is 0 Å². The molecule has 0 spiro atoms. The molecule has 0 aliphatic carbocycles. The minimum atomic E-state index is -0.901. The minimum Gasteiger partial charge on any atom is -0.481 e. The Morgan fingerprint density at radius 3 is 2.78 bits per heavy atom. The third kappa shape index (κ3) is 4.27. The Bertz CT molecular complexity index is 302. The van der Waals surface area contributed by atoms with Gasteiger partial charge >= 0.3 is 5.97 Å². The fraction of sp³-hybridized carbons (Fsp3) is 0.833. The normalized spacial score (nSPS) is 23.1. The summed E-state index contributed by atoms with van der Waals surface area (Å²) in [6.07, 6.45) is 0.632. The van der Waals surface area contributed by atoms with Crippen molar-refractivity contribution in [3.05, 3.63) is 0 Å². The summed E-state index contributed by atoms with van der Waals surface area (Å²) in [7, 11) is 0. The van der Waals surface area contributed by atoms with Crippen molar-refractivity contribution in [3.8, 4) is 0 Å². The number of carboxylic acid groups (broad SMARTS) is 1. The maximum Gasteiger partial charge on any atom is 0.311 e. The van der Waals surface area contributed by atoms with E-state index in [-0.39, 0.29) is 25.0 Å². The van der Waals surface area contributed by atoms with Gasteiger partial charge in [-0.2, -0.15) is 0 Å². The average Bonchev–Trinajstić information content (AvgIpc) is 2.37. The lowest BCUT2D eigenvalue weighted by Crippen LogP contribution is -2.44. The Balaban J connectivity index is 2.33. The predicted molar refractivity (Wildman–Crippen MR) is 66.3 cm³/mol. The van der Waals surface area contributed by atoms with Crippen LogP contribution in [0.3, 0.4) is 0 Å². The minimum absolute atomic E-state index is 0.114. The van der Waals surface area contributed by atoms with E-state index >= 15 is 0 Å². The zero-order valence-corrected chi connectivity index (χ0v) is 11.0. The van der Waals surface area contributed by atoms with Gasteiger partial charge in [0.25, 0.3) is 0 Å². The maximum absolute atomic E-state index is 11.7. The molecular weight excluding hydrogens is 236 g/mol. The second-order valence-corrected chi connectivity index (χ2v) is 4.90. The molecule has 0 aromatic heterocycles. The molecule has 1 saturated heterocycles. The lowest BCUT2D eigenvalue weighted by Gasteiger charge is -2.25. The number of hydrogen-bond donors (Lipinski definition) is 3. The fourth-order valence-electron chi connectivity index (χ4n) is 1.68. The molecule has 1 fully saturated rings. The van der Waals surface area contributed by atoms with E-state index in [0.717, 1.165) is 6.54 Å². The van der Waals surface area contributed by atoms with Crippen LogP contribution in [0.25, 0.3) is 0 Å². The van der Waals surface area contributed by atoms with E-state index in [9.17, 15) is 9.59 Å². The topological polar surface area (TPSA) is 87.7 Å². The van der Waals surface area contributed by atoms with E-state index in [4.69, 9.17) is 9.84 Å². The van der Waals surface area contributed by atoms with Gasteiger partial charge in [0.2, 0.25) is 5.91 Å². The summed E-state index contributed by atoms with van der Waals surface area (Å²) >= 11 is 0. The van der Waals surface area contributed by atoms with Gasteiger partial charge < -0.3 is 20.5 Å². The molecule has 0 radical (unpaired) electrons. The third-order valence-corrected chi connectivity index (χ3v) is 3.39. The molecule has 0 saturated carbocycles. The summed E-state index contributed by atoms with van der Waals surface area (Å²) in [5.41, 5.74) is -0.901. The third-order valence-electron chi connectivity index (χ3n) is 3.39. The highest BCUT2D eigenvalue weighted by atomic mass is 16.5. The number of hydrogen-bond acceptors (Lipinski definition) is 4. The predicted octanol–water partition coefficient (Wildman–Crippen LogP) is -0.0180. The first kappa shape index (κ1) is 14.9. The number of carbonyl (C=O) groups is 2. The van der Waals surface area contributed by atoms with E-state index in [1.165, 1.54) is 0 Å². The average molecular weight is 258 g/mol. The second kappa shape index (κ2) is 6.70. The number of rotatable bonds is 6. The molecule has 6 nitrogen and oxygen atoms in total. The number of nitrogens with one attached hydrogen (secondary N) is 2. The molecule has 0 aromatic carbocycles. The molecule has 2 atom stereocenters. The molecule has 104 valence electrons. The molecular formula is C12H22N2O4. The van der Waals surface area contributed by atoms with Crippen LogP contribution < -0.4 is 10.6 Å². The number of carbonyl (C=O) groups excluding carboxylic acids is 1.